The van der Waals surface area contributed by atoms with Crippen LogP contribution in [0.5, 0.6) is 0 Å². The summed E-state index contributed by atoms with van der Waals surface area (Å²) in [6.07, 6.45) is 0. The number of carbonyl (C=O) groups is 2. The fourth-order valence-corrected chi connectivity index (χ4v) is 4.00. The molecule has 0 spiro atoms. The number of rotatable bonds is 5. The summed E-state index contributed by atoms with van der Waals surface area (Å²) in [7, 11) is 0. The lowest BCUT2D eigenvalue weighted by Gasteiger charge is -2.34. The Kier molecular flexibility index (Phi) is 7.01. The van der Waals surface area contributed by atoms with E-state index in [1.807, 2.05) is 23.6 Å². The zero-order chi connectivity index (χ0) is 19.9. The molecule has 1 aromatic heterocycles. The van der Waals surface area contributed by atoms with Crippen LogP contribution in [0.4, 0.5) is 5.69 Å². The van der Waals surface area contributed by atoms with Gasteiger partial charge in [0.25, 0.3) is 0 Å². The second kappa shape index (κ2) is 9.66. The number of amides is 2. The van der Waals surface area contributed by atoms with E-state index in [1.165, 1.54) is 18.2 Å². The molecule has 0 unspecified atom stereocenters. The topological polar surface area (TPSA) is 94.5 Å². The molecule has 1 fully saturated rings. The molecule has 0 aliphatic carbocycles. The Hall–Kier alpha value is -2.44. The standard InChI is InChI=1S/C19H19ClN4O3S/c20-15-10-14(4-3-13(15)11-21)23-19(26)18(25)22-12-16(17-2-1-9-28-17)24-5-7-27-8-6-24/h1-4,9-10,16H,5-8,12H2,(H,22,25)(H,23,26)/t16-/m1/s1. The lowest BCUT2D eigenvalue weighted by Crippen LogP contribution is -2.45. The van der Waals surface area contributed by atoms with Crippen LogP contribution >= 0.6 is 22.9 Å². The first-order chi connectivity index (χ1) is 13.6. The lowest BCUT2D eigenvalue weighted by molar-refractivity contribution is -0.136. The Morgan fingerprint density at radius 2 is 2.07 bits per heavy atom. The van der Waals surface area contributed by atoms with Crippen LogP contribution < -0.4 is 10.6 Å². The summed E-state index contributed by atoms with van der Waals surface area (Å²) in [5.74, 6) is -1.51. The van der Waals surface area contributed by atoms with E-state index < -0.39 is 11.8 Å². The third-order valence-corrected chi connectivity index (χ3v) is 5.65. The van der Waals surface area contributed by atoms with E-state index in [1.54, 1.807) is 11.3 Å². The van der Waals surface area contributed by atoms with Crippen molar-refractivity contribution >= 4 is 40.4 Å². The smallest absolute Gasteiger partial charge is 0.313 e. The lowest BCUT2D eigenvalue weighted by atomic mass is 10.2. The average molecular weight is 419 g/mol. The number of thiophene rings is 1. The monoisotopic (exact) mass is 418 g/mol. The van der Waals surface area contributed by atoms with E-state index in [9.17, 15) is 9.59 Å². The zero-order valence-corrected chi connectivity index (χ0v) is 16.6. The van der Waals surface area contributed by atoms with E-state index in [4.69, 9.17) is 21.6 Å². The van der Waals surface area contributed by atoms with Gasteiger partial charge >= 0.3 is 11.8 Å². The van der Waals surface area contributed by atoms with E-state index >= 15 is 0 Å². The highest BCUT2D eigenvalue weighted by Gasteiger charge is 2.25. The maximum absolute atomic E-state index is 12.3. The summed E-state index contributed by atoms with van der Waals surface area (Å²) in [5.41, 5.74) is 0.653. The molecule has 9 heteroatoms. The van der Waals surface area contributed by atoms with Gasteiger partial charge in [-0.1, -0.05) is 17.7 Å². The van der Waals surface area contributed by atoms with Gasteiger partial charge in [-0.15, -0.1) is 11.3 Å². The van der Waals surface area contributed by atoms with Crippen molar-refractivity contribution < 1.29 is 14.3 Å². The number of nitrogens with zero attached hydrogens (tertiary/aromatic N) is 2. The summed E-state index contributed by atoms with van der Waals surface area (Å²) >= 11 is 7.57. The number of halogens is 1. The molecule has 0 radical (unpaired) electrons. The molecule has 0 saturated carbocycles. The molecule has 1 aliphatic rings. The highest BCUT2D eigenvalue weighted by atomic mass is 35.5. The van der Waals surface area contributed by atoms with Crippen molar-refractivity contribution in [3.8, 4) is 6.07 Å². The Bertz CT molecular complexity index is 876. The minimum absolute atomic E-state index is 0.00925. The summed E-state index contributed by atoms with van der Waals surface area (Å²) in [6.45, 7) is 3.16. The van der Waals surface area contributed by atoms with E-state index in [2.05, 4.69) is 15.5 Å². The third-order valence-electron chi connectivity index (χ3n) is 4.37. The fraction of sp³-hybridized carbons (Fsp3) is 0.316. The largest absolute Gasteiger partial charge is 0.379 e. The van der Waals surface area contributed by atoms with Gasteiger partial charge in [0.2, 0.25) is 0 Å². The van der Waals surface area contributed by atoms with Gasteiger partial charge in [-0.3, -0.25) is 14.5 Å². The second-order valence-corrected chi connectivity index (χ2v) is 7.54. The molecule has 1 aliphatic heterocycles. The highest BCUT2D eigenvalue weighted by Crippen LogP contribution is 2.25. The number of carbonyl (C=O) groups excluding carboxylic acids is 2. The number of hydrogen-bond donors (Lipinski definition) is 2. The van der Waals surface area contributed by atoms with Crippen LogP contribution in [0.25, 0.3) is 0 Å². The SMILES string of the molecule is N#Cc1ccc(NC(=O)C(=O)NC[C@H](c2cccs2)N2CCOCC2)cc1Cl. The van der Waals surface area contributed by atoms with Gasteiger partial charge in [0.1, 0.15) is 6.07 Å². The first-order valence-corrected chi connectivity index (χ1v) is 9.98. The second-order valence-electron chi connectivity index (χ2n) is 6.15. The number of hydrogen-bond acceptors (Lipinski definition) is 6. The van der Waals surface area contributed by atoms with Gasteiger partial charge < -0.3 is 15.4 Å². The van der Waals surface area contributed by atoms with Gasteiger partial charge in [-0.05, 0) is 29.6 Å². The zero-order valence-electron chi connectivity index (χ0n) is 15.0. The van der Waals surface area contributed by atoms with Crippen LogP contribution in [-0.4, -0.2) is 49.6 Å². The van der Waals surface area contributed by atoms with Crippen molar-refractivity contribution in [3.05, 3.63) is 51.2 Å². The van der Waals surface area contributed by atoms with Crippen molar-refractivity contribution in [1.29, 1.82) is 5.26 Å². The molecule has 28 heavy (non-hydrogen) atoms. The van der Waals surface area contributed by atoms with Crippen molar-refractivity contribution in [3.63, 3.8) is 0 Å². The minimum Gasteiger partial charge on any atom is -0.379 e. The molecule has 3 rings (SSSR count). The van der Waals surface area contributed by atoms with Gasteiger partial charge in [-0.2, -0.15) is 5.26 Å². The van der Waals surface area contributed by atoms with Crippen molar-refractivity contribution in [2.45, 2.75) is 6.04 Å². The number of anilines is 1. The third kappa shape index (κ3) is 5.09. The number of nitrogens with one attached hydrogen (secondary N) is 2. The van der Waals surface area contributed by atoms with E-state index in [0.29, 0.717) is 31.0 Å². The van der Waals surface area contributed by atoms with E-state index in [-0.39, 0.29) is 11.1 Å². The Morgan fingerprint density at radius 3 is 2.71 bits per heavy atom. The first-order valence-electron chi connectivity index (χ1n) is 8.72. The summed E-state index contributed by atoms with van der Waals surface area (Å²) < 4.78 is 5.40. The Labute approximate surface area is 171 Å². The van der Waals surface area contributed by atoms with Crippen LogP contribution in [0.3, 0.4) is 0 Å². The van der Waals surface area contributed by atoms with Crippen LogP contribution in [0.15, 0.2) is 35.7 Å². The molecule has 7 nitrogen and oxygen atoms in total. The average Bonchev–Trinajstić information content (AvgIpc) is 3.23. The number of ether oxygens (including phenoxy) is 1. The maximum Gasteiger partial charge on any atom is 0.313 e. The number of benzene rings is 1. The summed E-state index contributed by atoms with van der Waals surface area (Å²) in [6, 6.07) is 10.4. The van der Waals surface area contributed by atoms with Crippen LogP contribution in [0.2, 0.25) is 5.02 Å². The summed E-state index contributed by atoms with van der Waals surface area (Å²) in [4.78, 5) is 27.8. The molecule has 1 saturated heterocycles. The predicted molar refractivity (Wildman–Crippen MR) is 107 cm³/mol. The van der Waals surface area contributed by atoms with Crippen molar-refractivity contribution in [2.24, 2.45) is 0 Å². The Morgan fingerprint density at radius 1 is 1.29 bits per heavy atom. The van der Waals surface area contributed by atoms with Crippen LogP contribution in [-0.2, 0) is 14.3 Å². The molecule has 0 bridgehead atoms. The van der Waals surface area contributed by atoms with Gasteiger partial charge in [-0.25, -0.2) is 0 Å². The van der Waals surface area contributed by atoms with Crippen molar-refractivity contribution in [1.82, 2.24) is 10.2 Å². The Balaban J connectivity index is 1.60. The number of nitriles is 1. The van der Waals surface area contributed by atoms with Crippen LogP contribution in [0.1, 0.15) is 16.5 Å². The molecular formula is C19H19ClN4O3S. The molecule has 2 amide bonds. The van der Waals surface area contributed by atoms with Crippen molar-refractivity contribution in [2.75, 3.05) is 38.2 Å². The highest BCUT2D eigenvalue weighted by molar-refractivity contribution is 7.10. The normalized spacial score (nSPS) is 15.4. The molecule has 146 valence electrons. The molecule has 1 atom stereocenters. The quantitative estimate of drug-likeness (QED) is 0.727. The molecule has 2 heterocycles. The summed E-state index contributed by atoms with van der Waals surface area (Å²) in [5, 5.41) is 16.3. The van der Waals surface area contributed by atoms with Gasteiger partial charge in [0, 0.05) is 30.2 Å². The van der Waals surface area contributed by atoms with Gasteiger partial charge in [0.15, 0.2) is 0 Å². The minimum atomic E-state index is -0.785. The fourth-order valence-electron chi connectivity index (χ4n) is 2.92. The molecule has 2 aromatic rings. The molecular weight excluding hydrogens is 400 g/mol. The first kappa shape index (κ1) is 20.3. The number of morpholine rings is 1. The van der Waals surface area contributed by atoms with E-state index in [0.717, 1.165) is 18.0 Å². The molecule has 1 aromatic carbocycles. The molecule has 2 N–H and O–H groups in total. The van der Waals surface area contributed by atoms with Crippen LogP contribution in [0, 0.1) is 11.3 Å². The van der Waals surface area contributed by atoms with Gasteiger partial charge in [0.05, 0.1) is 29.8 Å². The maximum atomic E-state index is 12.3. The predicted octanol–water partition coefficient (Wildman–Crippen LogP) is 2.40.